The number of fused-ring (bicyclic) bond motifs is 7. The van der Waals surface area contributed by atoms with Gasteiger partial charge in [-0.25, -0.2) is 4.57 Å². The Morgan fingerprint density at radius 2 is 1.66 bits per heavy atom. The van der Waals surface area contributed by atoms with Crippen LogP contribution in [-0.2, 0) is 18.4 Å². The van der Waals surface area contributed by atoms with E-state index in [1.165, 1.54) is 12.7 Å². The average Bonchev–Trinajstić information content (AvgIpc) is 2.83. The normalized spacial score (nSPS) is 51.3. The molecule has 0 saturated heterocycles. The number of rotatable bonds is 4. The first-order valence-corrected chi connectivity index (χ1v) is 16.5. The molecule has 38 heavy (non-hydrogen) atoms. The summed E-state index contributed by atoms with van der Waals surface area (Å²) in [4.78, 5) is 23.0. The van der Waals surface area contributed by atoms with Crippen LogP contribution in [0.2, 0.25) is 0 Å². The lowest BCUT2D eigenvalue weighted by atomic mass is 9.33. The van der Waals surface area contributed by atoms with Crippen molar-refractivity contribution in [2.24, 2.45) is 56.7 Å². The van der Waals surface area contributed by atoms with E-state index in [0.29, 0.717) is 23.7 Å². The number of aliphatic carboxylic acids is 1. The third kappa shape index (κ3) is 3.68. The van der Waals surface area contributed by atoms with Crippen molar-refractivity contribution < 1.29 is 28.4 Å². The monoisotopic (exact) mass is 550 g/mol. The zero-order chi connectivity index (χ0) is 28.1. The number of carboxylic acids is 1. The van der Waals surface area contributed by atoms with Crippen LogP contribution in [0.3, 0.4) is 0 Å². The topological polar surface area (TPSA) is 93.1 Å². The lowest BCUT2D eigenvalue weighted by molar-refractivity contribution is -0.205. The Bertz CT molecular complexity index is 1070. The van der Waals surface area contributed by atoms with Gasteiger partial charge in [0.2, 0.25) is 0 Å². The maximum atomic E-state index is 12.9. The highest BCUT2D eigenvalue weighted by atomic mass is 31.2. The van der Waals surface area contributed by atoms with Gasteiger partial charge >= 0.3 is 13.8 Å². The maximum Gasteiger partial charge on any atom is 0.472 e. The number of phosphoric acid groups is 1. The SMILES string of the molecule is COP(=O)(O)O[C@H]1CC[C@@]2(C)C(CC[C@]3(C)[C@@H]2CC=C2[C@@H]4[C@@H](C)[C@H](C)CC[C@]4(C(=O)O)CC[C@]23C)C1(C)C. The molecule has 4 fully saturated rings. The molecule has 5 aliphatic rings. The van der Waals surface area contributed by atoms with Crippen molar-refractivity contribution in [1.82, 2.24) is 0 Å². The number of phosphoric ester groups is 1. The first kappa shape index (κ1) is 28.8. The second-order valence-electron chi connectivity index (χ2n) is 15.2. The number of carboxylic acid groups (broad SMARTS) is 1. The quantitative estimate of drug-likeness (QED) is 0.273. The van der Waals surface area contributed by atoms with Gasteiger partial charge in [0.15, 0.2) is 0 Å². The summed E-state index contributed by atoms with van der Waals surface area (Å²) in [5.74, 6) is 1.32. The molecule has 4 saturated carbocycles. The molecule has 0 aromatic carbocycles. The third-order valence-corrected chi connectivity index (χ3v) is 14.8. The van der Waals surface area contributed by atoms with Gasteiger partial charge in [0.25, 0.3) is 0 Å². The van der Waals surface area contributed by atoms with Crippen molar-refractivity contribution in [3.05, 3.63) is 11.6 Å². The largest absolute Gasteiger partial charge is 0.481 e. The Balaban J connectivity index is 1.54. The molecule has 5 aliphatic carbocycles. The fraction of sp³-hybridized carbons (Fsp3) is 0.903. The van der Waals surface area contributed by atoms with Crippen LogP contribution in [0.1, 0.15) is 106 Å². The van der Waals surface area contributed by atoms with Gasteiger partial charge in [-0.05, 0) is 109 Å². The Hall–Kier alpha value is -0.680. The van der Waals surface area contributed by atoms with E-state index in [0.717, 1.165) is 57.8 Å². The van der Waals surface area contributed by atoms with Gasteiger partial charge in [-0.15, -0.1) is 0 Å². The second kappa shape index (κ2) is 8.91. The molecule has 11 atom stereocenters. The van der Waals surface area contributed by atoms with E-state index in [1.807, 2.05) is 0 Å². The summed E-state index contributed by atoms with van der Waals surface area (Å²) in [5, 5.41) is 10.6. The van der Waals surface area contributed by atoms with Gasteiger partial charge in [0, 0.05) is 7.11 Å². The van der Waals surface area contributed by atoms with Gasteiger partial charge in [-0.3, -0.25) is 13.8 Å². The van der Waals surface area contributed by atoms with E-state index in [-0.39, 0.29) is 33.7 Å². The summed E-state index contributed by atoms with van der Waals surface area (Å²) in [6.45, 7) is 16.6. The molecule has 0 amide bonds. The highest BCUT2D eigenvalue weighted by molar-refractivity contribution is 7.47. The molecule has 7 heteroatoms. The lowest BCUT2D eigenvalue weighted by Gasteiger charge is -2.71. The molecule has 0 bridgehead atoms. The predicted molar refractivity (Wildman–Crippen MR) is 148 cm³/mol. The summed E-state index contributed by atoms with van der Waals surface area (Å²) < 4.78 is 22.9. The molecular weight excluding hydrogens is 499 g/mol. The molecule has 2 unspecified atom stereocenters. The molecule has 0 aromatic rings. The van der Waals surface area contributed by atoms with E-state index in [1.54, 1.807) is 0 Å². The van der Waals surface area contributed by atoms with Crippen LogP contribution in [0.5, 0.6) is 0 Å². The van der Waals surface area contributed by atoms with Crippen molar-refractivity contribution in [2.75, 3.05) is 7.11 Å². The molecule has 0 spiro atoms. The van der Waals surface area contributed by atoms with Crippen LogP contribution in [0, 0.1) is 56.7 Å². The maximum absolute atomic E-state index is 12.9. The number of hydrogen-bond donors (Lipinski definition) is 2. The van der Waals surface area contributed by atoms with E-state index in [4.69, 9.17) is 9.05 Å². The van der Waals surface area contributed by atoms with Crippen LogP contribution in [0.4, 0.5) is 0 Å². The van der Waals surface area contributed by atoms with Crippen molar-refractivity contribution in [2.45, 2.75) is 112 Å². The highest BCUT2D eigenvalue weighted by Gasteiger charge is 2.69. The van der Waals surface area contributed by atoms with Crippen LogP contribution < -0.4 is 0 Å². The van der Waals surface area contributed by atoms with Gasteiger partial charge < -0.3 is 10.00 Å². The summed E-state index contributed by atoms with van der Waals surface area (Å²) >= 11 is 0. The summed E-state index contributed by atoms with van der Waals surface area (Å²) in [7, 11) is -2.83. The first-order valence-electron chi connectivity index (χ1n) is 15.0. The Kier molecular flexibility index (Phi) is 6.76. The predicted octanol–water partition coefficient (Wildman–Crippen LogP) is 7.86. The summed E-state index contributed by atoms with van der Waals surface area (Å²) in [5.41, 5.74) is 0.764. The standard InChI is InChI=1S/C31H51O6P/c1-19-11-16-31(26(32)33)18-17-29(6)21(25(31)20(19)2)9-10-23-28(5)14-13-24(37-38(34,35)36-8)27(3,4)22(28)12-15-30(23,29)7/h9,19-20,22-25H,10-18H2,1-8H3,(H,32,33)(H,34,35)/t19-,20+,22?,23-,24+,25+,28+,29-,30-,31+/m1/s1. The van der Waals surface area contributed by atoms with Crippen molar-refractivity contribution >= 4 is 13.8 Å². The molecule has 0 aromatic heterocycles. The fourth-order valence-electron chi connectivity index (χ4n) is 11.2. The molecular formula is C31H51O6P. The average molecular weight is 551 g/mol. The number of carbonyl (C=O) groups is 1. The second-order valence-corrected chi connectivity index (χ2v) is 16.7. The van der Waals surface area contributed by atoms with Gasteiger partial charge in [0.1, 0.15) is 0 Å². The van der Waals surface area contributed by atoms with Gasteiger partial charge in [-0.2, -0.15) is 0 Å². The minimum absolute atomic E-state index is 0.00677. The molecule has 0 aliphatic heterocycles. The Morgan fingerprint density at radius 1 is 0.974 bits per heavy atom. The van der Waals surface area contributed by atoms with E-state index in [2.05, 4.69) is 54.5 Å². The van der Waals surface area contributed by atoms with E-state index in [9.17, 15) is 19.4 Å². The Labute approximate surface area is 229 Å². The summed E-state index contributed by atoms with van der Waals surface area (Å²) in [6, 6.07) is 0. The molecule has 5 rings (SSSR count). The van der Waals surface area contributed by atoms with Crippen molar-refractivity contribution in [3.63, 3.8) is 0 Å². The zero-order valence-electron chi connectivity index (χ0n) is 24.9. The minimum Gasteiger partial charge on any atom is -0.481 e. The minimum atomic E-state index is -4.06. The van der Waals surface area contributed by atoms with Crippen molar-refractivity contribution in [3.8, 4) is 0 Å². The lowest BCUT2D eigenvalue weighted by Crippen LogP contribution is -2.65. The van der Waals surface area contributed by atoms with E-state index < -0.39 is 19.2 Å². The highest BCUT2D eigenvalue weighted by Crippen LogP contribution is 2.76. The molecule has 6 nitrogen and oxygen atoms in total. The van der Waals surface area contributed by atoms with Crippen LogP contribution in [0.25, 0.3) is 0 Å². The third-order valence-electron chi connectivity index (χ3n) is 13.8. The zero-order valence-corrected chi connectivity index (χ0v) is 25.8. The van der Waals surface area contributed by atoms with Gasteiger partial charge in [-0.1, -0.05) is 60.1 Å². The van der Waals surface area contributed by atoms with Crippen LogP contribution in [-0.4, -0.2) is 29.2 Å². The smallest absolute Gasteiger partial charge is 0.472 e. The molecule has 0 heterocycles. The molecule has 0 radical (unpaired) electrons. The Morgan fingerprint density at radius 3 is 2.29 bits per heavy atom. The number of hydrogen-bond acceptors (Lipinski definition) is 4. The van der Waals surface area contributed by atoms with Crippen LogP contribution in [0.15, 0.2) is 11.6 Å². The van der Waals surface area contributed by atoms with Gasteiger partial charge in [0.05, 0.1) is 11.5 Å². The fourth-order valence-corrected chi connectivity index (χ4v) is 12.0. The van der Waals surface area contributed by atoms with Crippen molar-refractivity contribution in [1.29, 1.82) is 0 Å². The number of allylic oxidation sites excluding steroid dienone is 2. The molecule has 216 valence electrons. The summed E-state index contributed by atoms with van der Waals surface area (Å²) in [6.07, 6.45) is 10.6. The van der Waals surface area contributed by atoms with Crippen LogP contribution >= 0.6 is 7.82 Å². The first-order chi connectivity index (χ1) is 17.5. The molecule has 2 N–H and O–H groups in total. The van der Waals surface area contributed by atoms with E-state index >= 15 is 0 Å².